The van der Waals surface area contributed by atoms with Crippen molar-refractivity contribution in [1.29, 1.82) is 0 Å². The van der Waals surface area contributed by atoms with Crippen molar-refractivity contribution in [2.75, 3.05) is 0 Å². The lowest BCUT2D eigenvalue weighted by Gasteiger charge is -2.30. The fraction of sp³-hybridized carbons (Fsp3) is 0.615. The van der Waals surface area contributed by atoms with Crippen molar-refractivity contribution in [3.05, 3.63) is 24.1 Å². The van der Waals surface area contributed by atoms with E-state index in [1.165, 1.54) is 6.08 Å². The van der Waals surface area contributed by atoms with Gasteiger partial charge in [0.25, 0.3) is 0 Å². The van der Waals surface area contributed by atoms with E-state index in [2.05, 4.69) is 13.8 Å². The lowest BCUT2D eigenvalue weighted by molar-refractivity contribution is -0.123. The summed E-state index contributed by atoms with van der Waals surface area (Å²) in [5.74, 6) is 0.198. The first-order chi connectivity index (χ1) is 6.86. The van der Waals surface area contributed by atoms with Crippen LogP contribution in [0.3, 0.4) is 0 Å². The average Bonchev–Trinajstić information content (AvgIpc) is 2.63. The van der Waals surface area contributed by atoms with Gasteiger partial charge in [-0.25, -0.2) is 4.39 Å². The van der Waals surface area contributed by atoms with Crippen LogP contribution in [0.4, 0.5) is 4.39 Å². The molecule has 0 unspecified atom stereocenters. The molecule has 0 aromatic rings. The maximum atomic E-state index is 13.2. The quantitative estimate of drug-likeness (QED) is 0.595. The molecule has 0 N–H and O–H groups in total. The van der Waals surface area contributed by atoms with Crippen molar-refractivity contribution in [3.63, 3.8) is 0 Å². The first-order valence-electron chi connectivity index (χ1n) is 5.46. The first kappa shape index (κ1) is 9.32. The summed E-state index contributed by atoms with van der Waals surface area (Å²) in [7, 11) is 0. The molecule has 0 aromatic heterocycles. The molecule has 0 amide bonds. The second kappa shape index (κ2) is 2.11. The average molecular weight is 206 g/mol. The summed E-state index contributed by atoms with van der Waals surface area (Å²) in [6.45, 7) is 6.24. The number of hydrogen-bond acceptors (Lipinski definition) is 1. The highest BCUT2D eigenvalue weighted by Crippen LogP contribution is 2.84. The van der Waals surface area contributed by atoms with Crippen LogP contribution in [-0.2, 0) is 4.79 Å². The van der Waals surface area contributed by atoms with Crippen molar-refractivity contribution in [2.24, 2.45) is 22.2 Å². The fourth-order valence-corrected chi connectivity index (χ4v) is 4.17. The largest absolute Gasteiger partial charge is 0.299 e. The molecule has 1 spiro atoms. The maximum Gasteiger partial charge on any atom is 0.140 e. The van der Waals surface area contributed by atoms with Gasteiger partial charge in [-0.3, -0.25) is 4.79 Å². The Labute approximate surface area is 89.0 Å². The fourth-order valence-electron chi connectivity index (χ4n) is 4.17. The van der Waals surface area contributed by atoms with Crippen LogP contribution in [0.1, 0.15) is 27.2 Å². The topological polar surface area (TPSA) is 17.1 Å². The Bertz CT molecular complexity index is 432. The SMILES string of the molecule is CC1(C)CC(=O)[C@]2(C)[C@H]3C=C(F)C=C[C@@]312. The van der Waals surface area contributed by atoms with Crippen molar-refractivity contribution < 1.29 is 9.18 Å². The molecule has 3 atom stereocenters. The highest BCUT2D eigenvalue weighted by Gasteiger charge is 2.84. The van der Waals surface area contributed by atoms with E-state index in [0.29, 0.717) is 12.2 Å². The van der Waals surface area contributed by atoms with Gasteiger partial charge in [0.1, 0.15) is 11.6 Å². The zero-order valence-electron chi connectivity index (χ0n) is 9.30. The van der Waals surface area contributed by atoms with Gasteiger partial charge in [-0.2, -0.15) is 0 Å². The molecule has 2 heteroatoms. The minimum absolute atomic E-state index is 0.0306. The van der Waals surface area contributed by atoms with Crippen LogP contribution in [0.15, 0.2) is 24.1 Å². The van der Waals surface area contributed by atoms with Crippen LogP contribution in [0, 0.1) is 22.2 Å². The van der Waals surface area contributed by atoms with E-state index in [1.807, 2.05) is 13.0 Å². The standard InChI is InChI=1S/C13H15FO/c1-11(2)7-10(15)12(3)9-6-8(14)4-5-13(9,11)12/h4-6,9H,7H2,1-3H3/t9-,12+,13-/m1/s1. The number of ketones is 1. The highest BCUT2D eigenvalue weighted by molar-refractivity contribution is 5.95. The van der Waals surface area contributed by atoms with E-state index in [1.54, 1.807) is 6.08 Å². The molecular formula is C13H15FO. The normalized spacial score (nSPS) is 49.7. The summed E-state index contributed by atoms with van der Waals surface area (Å²) in [6, 6.07) is 0. The minimum Gasteiger partial charge on any atom is -0.299 e. The zero-order chi connectivity index (χ0) is 11.1. The lowest BCUT2D eigenvalue weighted by Crippen LogP contribution is -2.24. The molecule has 80 valence electrons. The molecule has 0 aliphatic heterocycles. The molecule has 2 fully saturated rings. The zero-order valence-corrected chi connectivity index (χ0v) is 9.30. The molecule has 2 saturated carbocycles. The van der Waals surface area contributed by atoms with Crippen LogP contribution in [0.2, 0.25) is 0 Å². The lowest BCUT2D eigenvalue weighted by atomic mass is 9.73. The molecule has 0 aromatic carbocycles. The number of halogens is 1. The van der Waals surface area contributed by atoms with Crippen molar-refractivity contribution >= 4 is 5.78 Å². The second-order valence-corrected chi connectivity index (χ2v) is 5.92. The first-order valence-corrected chi connectivity index (χ1v) is 5.46. The van der Waals surface area contributed by atoms with Crippen LogP contribution >= 0.6 is 0 Å². The predicted molar refractivity (Wildman–Crippen MR) is 55.8 cm³/mol. The predicted octanol–water partition coefficient (Wildman–Crippen LogP) is 3.03. The van der Waals surface area contributed by atoms with Gasteiger partial charge in [0.2, 0.25) is 0 Å². The summed E-state index contributed by atoms with van der Waals surface area (Å²) >= 11 is 0. The molecule has 3 rings (SSSR count). The number of Topliss-reactive ketones (excluding diaryl/α,β-unsaturated/α-hetero) is 1. The molecule has 3 aliphatic carbocycles. The smallest absolute Gasteiger partial charge is 0.140 e. The second-order valence-electron chi connectivity index (χ2n) is 5.92. The number of carbonyl (C=O) groups excluding carboxylic acids is 1. The van der Waals surface area contributed by atoms with Crippen LogP contribution in [0.5, 0.6) is 0 Å². The Morgan fingerprint density at radius 1 is 1.40 bits per heavy atom. The maximum absolute atomic E-state index is 13.2. The summed E-state index contributed by atoms with van der Waals surface area (Å²) < 4.78 is 13.2. The van der Waals surface area contributed by atoms with Gasteiger partial charge in [-0.15, -0.1) is 0 Å². The van der Waals surface area contributed by atoms with Gasteiger partial charge >= 0.3 is 0 Å². The Kier molecular flexibility index (Phi) is 1.31. The Morgan fingerprint density at radius 3 is 2.73 bits per heavy atom. The summed E-state index contributed by atoms with van der Waals surface area (Å²) in [5.41, 5.74) is -0.468. The number of rotatable bonds is 0. The summed E-state index contributed by atoms with van der Waals surface area (Å²) in [6.07, 6.45) is 5.73. The van der Waals surface area contributed by atoms with E-state index >= 15 is 0 Å². The highest BCUT2D eigenvalue weighted by atomic mass is 19.1. The van der Waals surface area contributed by atoms with E-state index in [-0.39, 0.29) is 28.0 Å². The van der Waals surface area contributed by atoms with Crippen molar-refractivity contribution in [2.45, 2.75) is 27.2 Å². The minimum atomic E-state index is -0.332. The molecule has 0 heterocycles. The third-order valence-electron chi connectivity index (χ3n) is 5.02. The Morgan fingerprint density at radius 2 is 2.07 bits per heavy atom. The molecule has 15 heavy (non-hydrogen) atoms. The summed E-state index contributed by atoms with van der Waals surface area (Å²) in [4.78, 5) is 12.0. The monoisotopic (exact) mass is 206 g/mol. The third kappa shape index (κ3) is 0.695. The van der Waals surface area contributed by atoms with E-state index in [4.69, 9.17) is 0 Å². The number of fused-ring (bicyclic) bond motifs is 1. The van der Waals surface area contributed by atoms with Crippen LogP contribution in [0.25, 0.3) is 0 Å². The van der Waals surface area contributed by atoms with Gasteiger partial charge in [-0.1, -0.05) is 26.8 Å². The van der Waals surface area contributed by atoms with E-state index < -0.39 is 0 Å². The van der Waals surface area contributed by atoms with E-state index in [0.717, 1.165) is 0 Å². The molecule has 0 bridgehead atoms. The number of hydrogen-bond donors (Lipinski definition) is 0. The summed E-state index contributed by atoms with van der Waals surface area (Å²) in [5, 5.41) is 0. The Hall–Kier alpha value is -0.920. The van der Waals surface area contributed by atoms with Gasteiger partial charge in [-0.05, 0) is 17.6 Å². The van der Waals surface area contributed by atoms with Gasteiger partial charge < -0.3 is 0 Å². The van der Waals surface area contributed by atoms with Gasteiger partial charge in [0.05, 0.1) is 0 Å². The molecule has 1 nitrogen and oxygen atoms in total. The number of allylic oxidation sites excluding steroid dienone is 4. The Balaban J connectivity index is 2.19. The third-order valence-corrected chi connectivity index (χ3v) is 5.02. The molecule has 0 saturated heterocycles. The van der Waals surface area contributed by atoms with Gasteiger partial charge in [0, 0.05) is 23.2 Å². The van der Waals surface area contributed by atoms with Crippen LogP contribution < -0.4 is 0 Å². The van der Waals surface area contributed by atoms with E-state index in [9.17, 15) is 9.18 Å². The molecule has 3 aliphatic rings. The number of carbonyl (C=O) groups is 1. The van der Waals surface area contributed by atoms with Crippen molar-refractivity contribution in [1.82, 2.24) is 0 Å². The molecule has 0 radical (unpaired) electrons. The van der Waals surface area contributed by atoms with Crippen molar-refractivity contribution in [3.8, 4) is 0 Å². The van der Waals surface area contributed by atoms with Gasteiger partial charge in [0.15, 0.2) is 0 Å². The van der Waals surface area contributed by atoms with Crippen LogP contribution in [-0.4, -0.2) is 5.78 Å². The molecular weight excluding hydrogens is 191 g/mol.